The van der Waals surface area contributed by atoms with E-state index in [4.69, 9.17) is 10.7 Å². The first-order chi connectivity index (χ1) is 11.6. The number of likely N-dealkylation sites (N-methyl/N-ethyl adjacent to an activating group) is 1. The van der Waals surface area contributed by atoms with E-state index < -0.39 is 0 Å². The van der Waals surface area contributed by atoms with Gasteiger partial charge in [0.2, 0.25) is 0 Å². The number of hydrogen-bond acceptors (Lipinski definition) is 4. The minimum atomic E-state index is 0.234. The van der Waals surface area contributed by atoms with Gasteiger partial charge in [-0.05, 0) is 37.5 Å². The number of nitrogen functional groups attached to an aromatic ring is 1. The van der Waals surface area contributed by atoms with Crippen molar-refractivity contribution < 1.29 is 0 Å². The molecule has 2 aromatic heterocycles. The highest BCUT2D eigenvalue weighted by Crippen LogP contribution is 2.46. The number of nitrogens with one attached hydrogen (secondary N) is 2. The molecule has 0 aliphatic carbocycles. The summed E-state index contributed by atoms with van der Waals surface area (Å²) in [6, 6.07) is 4.50. The summed E-state index contributed by atoms with van der Waals surface area (Å²) < 4.78 is 0. The number of imidazole rings is 1. The topological polar surface area (TPSA) is 86.6 Å². The normalized spacial score (nSPS) is 16.0. The summed E-state index contributed by atoms with van der Waals surface area (Å²) in [5, 5.41) is 6.91. The molecule has 0 radical (unpaired) electrons. The van der Waals surface area contributed by atoms with E-state index in [9.17, 15) is 0 Å². The molecule has 1 aliphatic rings. The minimum Gasteiger partial charge on any atom is -0.396 e. The number of nitrogens with zero attached hydrogens (tertiary/aromatic N) is 3. The Morgan fingerprint density at radius 3 is 2.67 bits per heavy atom. The molecule has 0 bridgehead atoms. The summed E-state index contributed by atoms with van der Waals surface area (Å²) in [5.41, 5.74) is 12.3. The van der Waals surface area contributed by atoms with Crippen LogP contribution in [0.1, 0.15) is 39.2 Å². The highest BCUT2D eigenvalue weighted by Gasteiger charge is 2.39. The maximum atomic E-state index is 5.96. The number of nitrogens with two attached hydrogens (primary N) is 1. The number of fused-ring (bicyclic) bond motifs is 2. The lowest BCUT2D eigenvalue weighted by Gasteiger charge is -2.27. The Labute approximate surface area is 141 Å². The first kappa shape index (κ1) is 15.1. The van der Waals surface area contributed by atoms with E-state index >= 15 is 0 Å². The maximum absolute atomic E-state index is 5.96. The van der Waals surface area contributed by atoms with Crippen LogP contribution in [0.5, 0.6) is 0 Å². The Morgan fingerprint density at radius 2 is 2.04 bits per heavy atom. The monoisotopic (exact) mass is 324 g/mol. The standard InChI is InChI=1S/C18H24N6/c1-4-18(5-2)10-24(6-3)15-8-14-13(7-11(15)18)21-17(22-14)16-12(19)9-20-23-16/h7-9H,4-6,10,19H2,1-3H3,(H,20,23)(H,21,22). The third-order valence-corrected chi connectivity index (χ3v) is 5.65. The molecule has 0 unspecified atom stereocenters. The van der Waals surface area contributed by atoms with Crippen molar-refractivity contribution in [3.05, 3.63) is 23.9 Å². The van der Waals surface area contributed by atoms with Gasteiger partial charge in [-0.1, -0.05) is 13.8 Å². The molecule has 0 saturated carbocycles. The molecule has 4 rings (SSSR count). The molecule has 0 spiro atoms. The van der Waals surface area contributed by atoms with Gasteiger partial charge in [-0.2, -0.15) is 5.10 Å². The van der Waals surface area contributed by atoms with Crippen molar-refractivity contribution in [2.24, 2.45) is 0 Å². The van der Waals surface area contributed by atoms with Crippen molar-refractivity contribution in [3.8, 4) is 11.5 Å². The second-order valence-electron chi connectivity index (χ2n) is 6.67. The molecular formula is C18H24N6. The zero-order valence-corrected chi connectivity index (χ0v) is 14.5. The zero-order valence-electron chi connectivity index (χ0n) is 14.5. The van der Waals surface area contributed by atoms with Crippen LogP contribution in [0.4, 0.5) is 11.4 Å². The van der Waals surface area contributed by atoms with Crippen LogP contribution >= 0.6 is 0 Å². The summed E-state index contributed by atoms with van der Waals surface area (Å²) in [4.78, 5) is 10.6. The van der Waals surface area contributed by atoms with Crippen LogP contribution in [0.15, 0.2) is 18.3 Å². The minimum absolute atomic E-state index is 0.234. The van der Waals surface area contributed by atoms with Gasteiger partial charge in [0.25, 0.3) is 0 Å². The Morgan fingerprint density at radius 1 is 1.25 bits per heavy atom. The number of rotatable bonds is 4. The van der Waals surface area contributed by atoms with Crippen molar-refractivity contribution in [1.82, 2.24) is 20.2 Å². The average Bonchev–Trinajstić information content (AvgIpc) is 3.27. The highest BCUT2D eigenvalue weighted by molar-refractivity contribution is 5.87. The van der Waals surface area contributed by atoms with Crippen LogP contribution in [0.25, 0.3) is 22.6 Å². The number of aromatic amines is 2. The largest absolute Gasteiger partial charge is 0.396 e. The molecule has 3 heterocycles. The lowest BCUT2D eigenvalue weighted by molar-refractivity contribution is 0.421. The lowest BCUT2D eigenvalue weighted by atomic mass is 9.77. The Balaban J connectivity index is 1.90. The molecule has 1 aliphatic heterocycles. The van der Waals surface area contributed by atoms with Gasteiger partial charge in [0.1, 0.15) is 5.69 Å². The first-order valence-corrected chi connectivity index (χ1v) is 8.70. The van der Waals surface area contributed by atoms with Crippen LogP contribution in [-0.2, 0) is 5.41 Å². The maximum Gasteiger partial charge on any atom is 0.158 e. The fourth-order valence-electron chi connectivity index (χ4n) is 4.01. The number of benzene rings is 1. The second-order valence-corrected chi connectivity index (χ2v) is 6.67. The fourth-order valence-corrected chi connectivity index (χ4v) is 4.01. The van der Waals surface area contributed by atoms with E-state index in [0.29, 0.717) is 5.69 Å². The summed E-state index contributed by atoms with van der Waals surface area (Å²) in [6.07, 6.45) is 3.90. The smallest absolute Gasteiger partial charge is 0.158 e. The summed E-state index contributed by atoms with van der Waals surface area (Å²) >= 11 is 0. The second kappa shape index (κ2) is 5.26. The molecule has 126 valence electrons. The van der Waals surface area contributed by atoms with E-state index in [1.807, 2.05) is 0 Å². The van der Waals surface area contributed by atoms with Gasteiger partial charge < -0.3 is 15.6 Å². The molecule has 0 saturated heterocycles. The predicted molar refractivity (Wildman–Crippen MR) is 98.2 cm³/mol. The van der Waals surface area contributed by atoms with Gasteiger partial charge in [0, 0.05) is 24.2 Å². The molecule has 3 aromatic rings. The van der Waals surface area contributed by atoms with Gasteiger partial charge in [0.05, 0.1) is 22.9 Å². The molecule has 6 heteroatoms. The van der Waals surface area contributed by atoms with E-state index in [1.165, 1.54) is 11.3 Å². The van der Waals surface area contributed by atoms with Crippen LogP contribution in [-0.4, -0.2) is 33.3 Å². The van der Waals surface area contributed by atoms with E-state index in [2.05, 4.69) is 53.0 Å². The summed E-state index contributed by atoms with van der Waals surface area (Å²) in [5.74, 6) is 0.741. The Hall–Kier alpha value is -2.50. The number of anilines is 2. The van der Waals surface area contributed by atoms with Crippen molar-refractivity contribution >= 4 is 22.4 Å². The number of H-pyrrole nitrogens is 2. The van der Waals surface area contributed by atoms with E-state index in [1.54, 1.807) is 6.20 Å². The van der Waals surface area contributed by atoms with Crippen LogP contribution in [0, 0.1) is 0 Å². The number of aromatic nitrogens is 4. The molecule has 24 heavy (non-hydrogen) atoms. The molecule has 4 N–H and O–H groups in total. The van der Waals surface area contributed by atoms with Gasteiger partial charge in [-0.15, -0.1) is 0 Å². The van der Waals surface area contributed by atoms with Crippen molar-refractivity contribution in [2.75, 3.05) is 23.7 Å². The lowest BCUT2D eigenvalue weighted by Crippen LogP contribution is -2.32. The van der Waals surface area contributed by atoms with Crippen molar-refractivity contribution in [3.63, 3.8) is 0 Å². The Bertz CT molecular complexity index is 886. The first-order valence-electron chi connectivity index (χ1n) is 8.70. The number of hydrogen-bond donors (Lipinski definition) is 3. The van der Waals surface area contributed by atoms with Gasteiger partial charge >= 0.3 is 0 Å². The molecule has 0 amide bonds. The highest BCUT2D eigenvalue weighted by atomic mass is 15.2. The van der Waals surface area contributed by atoms with E-state index in [-0.39, 0.29) is 5.41 Å². The SMILES string of the molecule is CCN1CC(CC)(CC)c2cc3[nH]c(-c4[nH]ncc4N)nc3cc21. The van der Waals surface area contributed by atoms with Crippen LogP contribution < -0.4 is 10.6 Å². The predicted octanol–water partition coefficient (Wildman–Crippen LogP) is 3.43. The zero-order chi connectivity index (χ0) is 16.9. The molecule has 0 atom stereocenters. The molecule has 1 aromatic carbocycles. The van der Waals surface area contributed by atoms with Crippen LogP contribution in [0.2, 0.25) is 0 Å². The van der Waals surface area contributed by atoms with Gasteiger partial charge in [-0.25, -0.2) is 4.98 Å². The average molecular weight is 324 g/mol. The fraction of sp³-hybridized carbons (Fsp3) is 0.444. The summed E-state index contributed by atoms with van der Waals surface area (Å²) in [7, 11) is 0. The third kappa shape index (κ3) is 1.95. The van der Waals surface area contributed by atoms with Gasteiger partial charge in [-0.3, -0.25) is 5.10 Å². The van der Waals surface area contributed by atoms with Crippen molar-refractivity contribution in [1.29, 1.82) is 0 Å². The quantitative estimate of drug-likeness (QED) is 0.686. The van der Waals surface area contributed by atoms with Crippen LogP contribution in [0.3, 0.4) is 0 Å². The third-order valence-electron chi connectivity index (χ3n) is 5.65. The van der Waals surface area contributed by atoms with E-state index in [0.717, 1.165) is 48.5 Å². The van der Waals surface area contributed by atoms with Gasteiger partial charge in [0.15, 0.2) is 5.82 Å². The Kier molecular flexibility index (Phi) is 3.30. The summed E-state index contributed by atoms with van der Waals surface area (Å²) in [6.45, 7) is 8.92. The van der Waals surface area contributed by atoms with Crippen molar-refractivity contribution in [2.45, 2.75) is 39.0 Å². The molecule has 6 nitrogen and oxygen atoms in total. The molecular weight excluding hydrogens is 300 g/mol. The molecule has 0 fully saturated rings.